The summed E-state index contributed by atoms with van der Waals surface area (Å²) in [6, 6.07) is 4.25. The molecule has 15 heavy (non-hydrogen) atoms. The third-order valence-corrected chi connectivity index (χ3v) is 4.10. The van der Waals surface area contributed by atoms with Gasteiger partial charge in [0.2, 0.25) is 0 Å². The summed E-state index contributed by atoms with van der Waals surface area (Å²) in [4.78, 5) is 6.75. The highest BCUT2D eigenvalue weighted by Crippen LogP contribution is 2.38. The number of aromatic nitrogens is 1. The second-order valence-electron chi connectivity index (χ2n) is 4.62. The summed E-state index contributed by atoms with van der Waals surface area (Å²) >= 11 is 2.24. The van der Waals surface area contributed by atoms with Crippen molar-refractivity contribution < 1.29 is 0 Å². The van der Waals surface area contributed by atoms with Crippen molar-refractivity contribution in [3.05, 3.63) is 22.0 Å². The molecule has 0 amide bonds. The number of nitrogens with zero attached hydrogens (tertiary/aromatic N) is 2. The highest BCUT2D eigenvalue weighted by atomic mass is 127. The Hall–Kier alpha value is -0.360. The Morgan fingerprint density at radius 1 is 1.40 bits per heavy atom. The number of hydrogen-bond acceptors (Lipinski definition) is 3. The Labute approximate surface area is 103 Å². The average Bonchev–Trinajstić information content (AvgIpc) is 2.66. The van der Waals surface area contributed by atoms with Crippen LogP contribution in [0.3, 0.4) is 0 Å². The van der Waals surface area contributed by atoms with Gasteiger partial charge in [0.05, 0.1) is 11.9 Å². The zero-order valence-electron chi connectivity index (χ0n) is 8.54. The van der Waals surface area contributed by atoms with E-state index in [9.17, 15) is 0 Å². The van der Waals surface area contributed by atoms with E-state index >= 15 is 0 Å². The molecule has 0 aromatic carbocycles. The molecule has 3 nitrogen and oxygen atoms in total. The standard InChI is InChI=1S/C11H14IN3/c12-10-2-1-9(5-14-10)15-7-11(8-15)3-4-13-6-11/h1-2,5,13H,3-4,6-8H2. The van der Waals surface area contributed by atoms with Crippen molar-refractivity contribution in [1.29, 1.82) is 0 Å². The van der Waals surface area contributed by atoms with E-state index < -0.39 is 0 Å². The molecule has 1 spiro atoms. The van der Waals surface area contributed by atoms with Crippen molar-refractivity contribution in [1.82, 2.24) is 10.3 Å². The second-order valence-corrected chi connectivity index (χ2v) is 5.73. The highest BCUT2D eigenvalue weighted by Gasteiger charge is 2.44. The van der Waals surface area contributed by atoms with Crippen LogP contribution >= 0.6 is 22.6 Å². The van der Waals surface area contributed by atoms with Crippen molar-refractivity contribution in [2.45, 2.75) is 6.42 Å². The lowest BCUT2D eigenvalue weighted by atomic mass is 9.79. The predicted molar refractivity (Wildman–Crippen MR) is 69.1 cm³/mol. The summed E-state index contributed by atoms with van der Waals surface area (Å²) in [5, 5.41) is 3.45. The lowest BCUT2D eigenvalue weighted by molar-refractivity contribution is 0.243. The number of hydrogen-bond donors (Lipinski definition) is 1. The molecule has 0 unspecified atom stereocenters. The molecular formula is C11H14IN3. The van der Waals surface area contributed by atoms with Gasteiger partial charge in [-0.25, -0.2) is 4.98 Å². The van der Waals surface area contributed by atoms with Gasteiger partial charge in [-0.15, -0.1) is 0 Å². The molecule has 0 bridgehead atoms. The van der Waals surface area contributed by atoms with E-state index in [1.54, 1.807) is 0 Å². The van der Waals surface area contributed by atoms with Gasteiger partial charge in [0.25, 0.3) is 0 Å². The predicted octanol–water partition coefficient (Wildman–Crippen LogP) is 1.49. The van der Waals surface area contributed by atoms with Gasteiger partial charge in [-0.2, -0.15) is 0 Å². The summed E-state index contributed by atoms with van der Waals surface area (Å²) < 4.78 is 1.06. The van der Waals surface area contributed by atoms with Gasteiger partial charge < -0.3 is 10.2 Å². The maximum atomic E-state index is 4.33. The number of halogens is 1. The fourth-order valence-electron chi connectivity index (χ4n) is 2.57. The van der Waals surface area contributed by atoms with Gasteiger partial charge in [-0.1, -0.05) is 0 Å². The van der Waals surface area contributed by atoms with Crippen molar-refractivity contribution in [3.63, 3.8) is 0 Å². The van der Waals surface area contributed by atoms with Crippen molar-refractivity contribution >= 4 is 28.3 Å². The monoisotopic (exact) mass is 315 g/mol. The molecule has 2 saturated heterocycles. The van der Waals surface area contributed by atoms with Crippen LogP contribution in [0.25, 0.3) is 0 Å². The molecule has 0 atom stereocenters. The SMILES string of the molecule is Ic1ccc(N2CC3(CCNC3)C2)cn1. The molecule has 3 rings (SSSR count). The summed E-state index contributed by atoms with van der Waals surface area (Å²) in [5.74, 6) is 0. The maximum absolute atomic E-state index is 4.33. The van der Waals surface area contributed by atoms with Gasteiger partial charge in [0.1, 0.15) is 3.70 Å². The van der Waals surface area contributed by atoms with Crippen LogP contribution in [-0.4, -0.2) is 31.2 Å². The fourth-order valence-corrected chi connectivity index (χ4v) is 2.89. The van der Waals surface area contributed by atoms with E-state index in [0.717, 1.165) is 3.70 Å². The first-order chi connectivity index (χ1) is 7.27. The Morgan fingerprint density at radius 3 is 2.87 bits per heavy atom. The van der Waals surface area contributed by atoms with E-state index in [2.05, 4.69) is 49.9 Å². The summed E-state index contributed by atoms with van der Waals surface area (Å²) in [6.45, 7) is 4.78. The molecule has 0 aliphatic carbocycles. The van der Waals surface area contributed by atoms with Crippen LogP contribution in [0.5, 0.6) is 0 Å². The summed E-state index contributed by atoms with van der Waals surface area (Å²) in [6.07, 6.45) is 3.32. The Bertz CT molecular complexity index is 349. The molecule has 3 heterocycles. The Balaban J connectivity index is 1.69. The van der Waals surface area contributed by atoms with Gasteiger partial charge in [0, 0.05) is 25.0 Å². The first kappa shape index (κ1) is 9.84. The molecule has 0 radical (unpaired) electrons. The van der Waals surface area contributed by atoms with Gasteiger partial charge in [-0.05, 0) is 47.7 Å². The molecule has 2 aliphatic heterocycles. The van der Waals surface area contributed by atoms with Crippen molar-refractivity contribution in [2.75, 3.05) is 31.1 Å². The average molecular weight is 315 g/mol. The maximum Gasteiger partial charge on any atom is 0.101 e. The van der Waals surface area contributed by atoms with E-state index in [1.807, 2.05) is 6.20 Å². The minimum Gasteiger partial charge on any atom is -0.369 e. The molecular weight excluding hydrogens is 301 g/mol. The molecule has 1 N–H and O–H groups in total. The third-order valence-electron chi connectivity index (χ3n) is 3.46. The quantitative estimate of drug-likeness (QED) is 0.629. The normalized spacial score (nSPS) is 23.1. The first-order valence-electron chi connectivity index (χ1n) is 5.35. The topological polar surface area (TPSA) is 28.2 Å². The molecule has 1 aromatic rings. The van der Waals surface area contributed by atoms with Gasteiger partial charge in [0.15, 0.2) is 0 Å². The summed E-state index contributed by atoms with van der Waals surface area (Å²) in [5.41, 5.74) is 1.84. The third kappa shape index (κ3) is 1.73. The van der Waals surface area contributed by atoms with Gasteiger partial charge >= 0.3 is 0 Å². The zero-order chi connectivity index (χ0) is 10.3. The Morgan fingerprint density at radius 2 is 2.27 bits per heavy atom. The summed E-state index contributed by atoms with van der Waals surface area (Å²) in [7, 11) is 0. The number of anilines is 1. The highest BCUT2D eigenvalue weighted by molar-refractivity contribution is 14.1. The van der Waals surface area contributed by atoms with Crippen molar-refractivity contribution in [2.24, 2.45) is 5.41 Å². The number of nitrogens with one attached hydrogen (secondary N) is 1. The van der Waals surface area contributed by atoms with E-state index in [-0.39, 0.29) is 0 Å². The number of rotatable bonds is 1. The van der Waals surface area contributed by atoms with E-state index in [1.165, 1.54) is 38.3 Å². The van der Waals surface area contributed by atoms with Crippen LogP contribution in [0.4, 0.5) is 5.69 Å². The lowest BCUT2D eigenvalue weighted by Crippen LogP contribution is -2.57. The van der Waals surface area contributed by atoms with E-state index in [0.29, 0.717) is 5.41 Å². The Kier molecular flexibility index (Phi) is 2.35. The van der Waals surface area contributed by atoms with Crippen LogP contribution in [0.2, 0.25) is 0 Å². The lowest BCUT2D eigenvalue weighted by Gasteiger charge is -2.49. The smallest absolute Gasteiger partial charge is 0.101 e. The first-order valence-corrected chi connectivity index (χ1v) is 6.43. The van der Waals surface area contributed by atoms with Crippen LogP contribution in [0.1, 0.15) is 6.42 Å². The molecule has 80 valence electrons. The molecule has 0 saturated carbocycles. The molecule has 2 fully saturated rings. The van der Waals surface area contributed by atoms with Crippen LogP contribution in [-0.2, 0) is 0 Å². The fraction of sp³-hybridized carbons (Fsp3) is 0.545. The largest absolute Gasteiger partial charge is 0.369 e. The van der Waals surface area contributed by atoms with Gasteiger partial charge in [-0.3, -0.25) is 0 Å². The van der Waals surface area contributed by atoms with Crippen molar-refractivity contribution in [3.8, 4) is 0 Å². The minimum atomic E-state index is 0.572. The minimum absolute atomic E-state index is 0.572. The van der Waals surface area contributed by atoms with Crippen LogP contribution in [0.15, 0.2) is 18.3 Å². The van der Waals surface area contributed by atoms with Crippen LogP contribution < -0.4 is 10.2 Å². The molecule has 4 heteroatoms. The number of pyridine rings is 1. The zero-order valence-corrected chi connectivity index (χ0v) is 10.7. The molecule has 1 aromatic heterocycles. The van der Waals surface area contributed by atoms with Crippen LogP contribution in [0, 0.1) is 9.12 Å². The second kappa shape index (κ2) is 3.59. The van der Waals surface area contributed by atoms with E-state index in [4.69, 9.17) is 0 Å². The molecule has 2 aliphatic rings.